The summed E-state index contributed by atoms with van der Waals surface area (Å²) in [7, 11) is 1.69. The number of aromatic nitrogens is 1. The number of para-hydroxylation sites is 1. The summed E-state index contributed by atoms with van der Waals surface area (Å²) in [6, 6.07) is 19.4. The molecule has 1 N–H and O–H groups in total. The highest BCUT2D eigenvalue weighted by Gasteiger charge is 2.26. The lowest BCUT2D eigenvalue weighted by atomic mass is 10.0. The Morgan fingerprint density at radius 3 is 2.60 bits per heavy atom. The smallest absolute Gasteiger partial charge is 0.273 e. The van der Waals surface area contributed by atoms with Crippen molar-refractivity contribution in [3.8, 4) is 17.1 Å². The van der Waals surface area contributed by atoms with Crippen LogP contribution in [0, 0.1) is 0 Å². The number of methoxy groups -OCH3 is 1. The van der Waals surface area contributed by atoms with Crippen LogP contribution in [0.1, 0.15) is 41.4 Å². The minimum atomic E-state index is -0.238. The first-order chi connectivity index (χ1) is 14.8. The van der Waals surface area contributed by atoms with E-state index in [0.29, 0.717) is 12.3 Å². The summed E-state index contributed by atoms with van der Waals surface area (Å²) in [6.07, 6.45) is 3.59. The number of carbonyl (C=O) groups excluding carboxylic acids is 1. The number of likely N-dealkylation sites (tertiary alicyclic amines) is 1. The van der Waals surface area contributed by atoms with Crippen molar-refractivity contribution in [1.82, 2.24) is 15.4 Å². The third kappa shape index (κ3) is 4.54. The van der Waals surface area contributed by atoms with Crippen LogP contribution in [-0.4, -0.2) is 42.7 Å². The van der Waals surface area contributed by atoms with E-state index in [-0.39, 0.29) is 17.6 Å². The van der Waals surface area contributed by atoms with Crippen molar-refractivity contribution in [3.05, 3.63) is 71.9 Å². The number of rotatable bonds is 7. The molecule has 0 aliphatic carbocycles. The predicted octanol–water partition coefficient (Wildman–Crippen LogP) is 4.31. The number of ether oxygens (including phenoxy) is 1. The van der Waals surface area contributed by atoms with Gasteiger partial charge >= 0.3 is 0 Å². The molecule has 30 heavy (non-hydrogen) atoms. The van der Waals surface area contributed by atoms with Crippen molar-refractivity contribution < 1.29 is 14.1 Å². The molecule has 3 aromatic rings. The summed E-state index contributed by atoms with van der Waals surface area (Å²) < 4.78 is 11.0. The number of piperidine rings is 1. The monoisotopic (exact) mass is 405 g/mol. The normalized spacial score (nSPS) is 15.5. The fraction of sp³-hybridized carbons (Fsp3) is 0.333. The second-order valence-corrected chi connectivity index (χ2v) is 7.51. The average Bonchev–Trinajstić information content (AvgIpc) is 3.31. The van der Waals surface area contributed by atoms with E-state index in [2.05, 4.69) is 21.4 Å². The van der Waals surface area contributed by atoms with Crippen molar-refractivity contribution in [2.75, 3.05) is 26.7 Å². The summed E-state index contributed by atoms with van der Waals surface area (Å²) in [6.45, 7) is 2.51. The number of nitrogens with zero attached hydrogens (tertiary/aromatic N) is 2. The molecule has 156 valence electrons. The summed E-state index contributed by atoms with van der Waals surface area (Å²) in [5.41, 5.74) is 2.27. The molecule has 1 saturated heterocycles. The maximum Gasteiger partial charge on any atom is 0.273 e. The molecule has 0 bridgehead atoms. The fourth-order valence-electron chi connectivity index (χ4n) is 4.01. The Labute approximate surface area is 176 Å². The molecule has 1 amide bonds. The molecule has 4 rings (SSSR count). The van der Waals surface area contributed by atoms with Crippen molar-refractivity contribution in [2.24, 2.45) is 0 Å². The summed E-state index contributed by atoms with van der Waals surface area (Å²) >= 11 is 0. The van der Waals surface area contributed by atoms with Gasteiger partial charge in [0.1, 0.15) is 5.75 Å². The van der Waals surface area contributed by atoms with Gasteiger partial charge in [-0.2, -0.15) is 0 Å². The van der Waals surface area contributed by atoms with Crippen LogP contribution in [0.3, 0.4) is 0 Å². The zero-order valence-corrected chi connectivity index (χ0v) is 17.2. The van der Waals surface area contributed by atoms with Crippen LogP contribution in [0.15, 0.2) is 65.2 Å². The molecule has 1 aromatic heterocycles. The van der Waals surface area contributed by atoms with Gasteiger partial charge in [0, 0.05) is 23.7 Å². The van der Waals surface area contributed by atoms with Crippen molar-refractivity contribution >= 4 is 5.91 Å². The first-order valence-corrected chi connectivity index (χ1v) is 10.4. The molecule has 1 aliphatic rings. The van der Waals surface area contributed by atoms with E-state index in [4.69, 9.17) is 9.26 Å². The fourth-order valence-corrected chi connectivity index (χ4v) is 4.01. The van der Waals surface area contributed by atoms with E-state index >= 15 is 0 Å². The van der Waals surface area contributed by atoms with E-state index < -0.39 is 0 Å². The number of benzene rings is 2. The van der Waals surface area contributed by atoms with Gasteiger partial charge in [-0.1, -0.05) is 60.1 Å². The molecular weight excluding hydrogens is 378 g/mol. The molecule has 1 fully saturated rings. The zero-order chi connectivity index (χ0) is 20.8. The average molecular weight is 405 g/mol. The first-order valence-electron chi connectivity index (χ1n) is 10.4. The van der Waals surface area contributed by atoms with Crippen LogP contribution < -0.4 is 10.1 Å². The molecular formula is C24H27N3O3. The minimum Gasteiger partial charge on any atom is -0.496 e. The Bertz CT molecular complexity index is 965. The van der Waals surface area contributed by atoms with Crippen LogP contribution in [0.25, 0.3) is 11.3 Å². The Hall–Kier alpha value is -3.12. The van der Waals surface area contributed by atoms with E-state index in [0.717, 1.165) is 30.0 Å². The van der Waals surface area contributed by atoms with Crippen LogP contribution in [-0.2, 0) is 0 Å². The lowest BCUT2D eigenvalue weighted by molar-refractivity contribution is 0.0914. The first kappa shape index (κ1) is 20.2. The van der Waals surface area contributed by atoms with Crippen LogP contribution in [0.4, 0.5) is 0 Å². The van der Waals surface area contributed by atoms with Gasteiger partial charge in [0.05, 0.1) is 13.2 Å². The van der Waals surface area contributed by atoms with Gasteiger partial charge in [-0.05, 0) is 32.0 Å². The highest BCUT2D eigenvalue weighted by molar-refractivity contribution is 5.93. The number of hydrogen-bond donors (Lipinski definition) is 1. The number of amides is 1. The van der Waals surface area contributed by atoms with Gasteiger partial charge in [-0.3, -0.25) is 9.69 Å². The molecule has 1 atom stereocenters. The Morgan fingerprint density at radius 1 is 1.10 bits per heavy atom. The van der Waals surface area contributed by atoms with Crippen molar-refractivity contribution in [2.45, 2.75) is 25.3 Å². The standard InChI is InChI=1S/C24H27N3O3/c1-29-22-13-7-6-12-19(22)21(27-14-8-3-9-15-27)17-25-24(28)20-16-23(30-26-20)18-10-4-2-5-11-18/h2,4-7,10-13,16,21H,3,8-9,14-15,17H2,1H3,(H,25,28)/t21-/m1/s1. The SMILES string of the molecule is COc1ccccc1[C@@H](CNC(=O)c1cc(-c2ccccc2)on1)N1CCCCC1. The van der Waals surface area contributed by atoms with Crippen LogP contribution in [0.2, 0.25) is 0 Å². The molecule has 0 unspecified atom stereocenters. The Kier molecular flexibility index (Phi) is 6.44. The van der Waals surface area contributed by atoms with Gasteiger partial charge in [-0.25, -0.2) is 0 Å². The van der Waals surface area contributed by atoms with E-state index in [9.17, 15) is 4.79 Å². The molecule has 2 aromatic carbocycles. The van der Waals surface area contributed by atoms with Gasteiger partial charge in [0.25, 0.3) is 5.91 Å². The molecule has 1 aliphatic heterocycles. The minimum absolute atomic E-state index is 0.0471. The lowest BCUT2D eigenvalue weighted by Gasteiger charge is -2.35. The largest absolute Gasteiger partial charge is 0.496 e. The Morgan fingerprint density at radius 2 is 1.83 bits per heavy atom. The van der Waals surface area contributed by atoms with Gasteiger partial charge in [0.15, 0.2) is 11.5 Å². The number of nitrogens with one attached hydrogen (secondary N) is 1. The van der Waals surface area contributed by atoms with Gasteiger partial charge in [0.2, 0.25) is 0 Å². The maximum absolute atomic E-state index is 12.8. The van der Waals surface area contributed by atoms with E-state index in [1.807, 2.05) is 48.5 Å². The van der Waals surface area contributed by atoms with Gasteiger partial charge in [-0.15, -0.1) is 0 Å². The molecule has 2 heterocycles. The third-order valence-corrected chi connectivity index (χ3v) is 5.59. The number of hydrogen-bond acceptors (Lipinski definition) is 5. The van der Waals surface area contributed by atoms with E-state index in [1.165, 1.54) is 19.3 Å². The molecule has 0 radical (unpaired) electrons. The summed E-state index contributed by atoms with van der Waals surface area (Å²) in [5.74, 6) is 1.19. The van der Waals surface area contributed by atoms with Crippen LogP contribution in [0.5, 0.6) is 5.75 Å². The molecule has 6 nitrogen and oxygen atoms in total. The zero-order valence-electron chi connectivity index (χ0n) is 17.2. The second kappa shape index (κ2) is 9.59. The number of carbonyl (C=O) groups is 1. The van der Waals surface area contributed by atoms with Gasteiger partial charge < -0.3 is 14.6 Å². The van der Waals surface area contributed by atoms with Crippen molar-refractivity contribution in [1.29, 1.82) is 0 Å². The lowest BCUT2D eigenvalue weighted by Crippen LogP contribution is -2.40. The van der Waals surface area contributed by atoms with Crippen molar-refractivity contribution in [3.63, 3.8) is 0 Å². The predicted molar refractivity (Wildman–Crippen MR) is 115 cm³/mol. The summed E-state index contributed by atoms with van der Waals surface area (Å²) in [4.78, 5) is 15.2. The summed E-state index contributed by atoms with van der Waals surface area (Å²) in [5, 5.41) is 7.02. The molecule has 0 spiro atoms. The molecule has 6 heteroatoms. The topological polar surface area (TPSA) is 67.6 Å². The second-order valence-electron chi connectivity index (χ2n) is 7.51. The van der Waals surface area contributed by atoms with E-state index in [1.54, 1.807) is 13.2 Å². The highest BCUT2D eigenvalue weighted by atomic mass is 16.5. The highest BCUT2D eigenvalue weighted by Crippen LogP contribution is 2.31. The third-order valence-electron chi connectivity index (χ3n) is 5.59. The quantitative estimate of drug-likeness (QED) is 0.635. The Balaban J connectivity index is 1.49. The van der Waals surface area contributed by atoms with Crippen LogP contribution >= 0.6 is 0 Å². The molecule has 0 saturated carbocycles. The maximum atomic E-state index is 12.8.